The first-order chi connectivity index (χ1) is 11.8. The van der Waals surface area contributed by atoms with Crippen LogP contribution in [0.2, 0.25) is 0 Å². The molecule has 1 heterocycles. The number of benzene rings is 1. The number of rotatable bonds is 4. The minimum Gasteiger partial charge on any atom is -0.323 e. The van der Waals surface area contributed by atoms with Crippen LogP contribution in [0.1, 0.15) is 23.4 Å². The number of halogens is 4. The first kappa shape index (κ1) is 17.7. The number of nitrogens with one attached hydrogen (secondary N) is 1. The molecule has 0 unspecified atom stereocenters. The average molecular weight is 371 g/mol. The predicted octanol–water partition coefficient (Wildman–Crippen LogP) is 3.85. The topological polar surface area (TPSA) is 54.9 Å². The van der Waals surface area contributed by atoms with Gasteiger partial charge in [-0.3, -0.25) is 4.79 Å². The van der Waals surface area contributed by atoms with Crippen LogP contribution in [0.15, 0.2) is 29.4 Å². The van der Waals surface area contributed by atoms with Gasteiger partial charge >= 0.3 is 6.18 Å². The third-order valence-electron chi connectivity index (χ3n) is 3.66. The lowest BCUT2D eigenvalue weighted by Gasteiger charge is -2.12. The maximum atomic E-state index is 13.5. The molecule has 0 atom stereocenters. The highest BCUT2D eigenvalue weighted by molar-refractivity contribution is 7.99. The van der Waals surface area contributed by atoms with Crippen LogP contribution in [-0.2, 0) is 23.8 Å². The molecule has 1 amide bonds. The molecule has 1 aliphatic carbocycles. The fourth-order valence-electron chi connectivity index (χ4n) is 2.59. The van der Waals surface area contributed by atoms with Crippen molar-refractivity contribution in [2.24, 2.45) is 0 Å². The lowest BCUT2D eigenvalue weighted by atomic mass is 10.2. The molecule has 0 spiro atoms. The van der Waals surface area contributed by atoms with Crippen molar-refractivity contribution in [1.82, 2.24) is 9.97 Å². The van der Waals surface area contributed by atoms with Gasteiger partial charge < -0.3 is 5.32 Å². The van der Waals surface area contributed by atoms with E-state index >= 15 is 0 Å². The standard InChI is InChI=1S/C16H13F4N3OS/c17-10-5-1-2-6-12(10)21-13(24)8-25-15-22-11-7-3-4-9(11)14(23-15)16(18,19)20/h1-2,5-6H,3-4,7-8H2,(H,21,24). The number of hydrogen-bond acceptors (Lipinski definition) is 4. The number of carbonyl (C=O) groups excluding carboxylic acids is 1. The van der Waals surface area contributed by atoms with Crippen molar-refractivity contribution < 1.29 is 22.4 Å². The summed E-state index contributed by atoms with van der Waals surface area (Å²) >= 11 is 0.793. The molecule has 0 saturated carbocycles. The zero-order chi connectivity index (χ0) is 18.0. The maximum absolute atomic E-state index is 13.5. The first-order valence-corrected chi connectivity index (χ1v) is 8.47. The summed E-state index contributed by atoms with van der Waals surface area (Å²) in [6.45, 7) is 0. The van der Waals surface area contributed by atoms with Gasteiger partial charge in [-0.1, -0.05) is 23.9 Å². The summed E-state index contributed by atoms with van der Waals surface area (Å²) in [5, 5.41) is 2.26. The highest BCUT2D eigenvalue weighted by Gasteiger charge is 2.38. The van der Waals surface area contributed by atoms with Gasteiger partial charge in [0.1, 0.15) is 5.82 Å². The van der Waals surface area contributed by atoms with Gasteiger partial charge in [0.2, 0.25) is 5.91 Å². The Morgan fingerprint density at radius 1 is 1.20 bits per heavy atom. The van der Waals surface area contributed by atoms with E-state index in [1.165, 1.54) is 18.2 Å². The second-order valence-electron chi connectivity index (χ2n) is 5.45. The van der Waals surface area contributed by atoms with E-state index in [-0.39, 0.29) is 22.2 Å². The third kappa shape index (κ3) is 4.09. The smallest absolute Gasteiger partial charge is 0.323 e. The Labute approximate surface area is 145 Å². The Morgan fingerprint density at radius 2 is 1.96 bits per heavy atom. The van der Waals surface area contributed by atoms with Gasteiger partial charge in [-0.2, -0.15) is 13.2 Å². The van der Waals surface area contributed by atoms with Gasteiger partial charge in [0.05, 0.1) is 11.4 Å². The van der Waals surface area contributed by atoms with E-state index in [9.17, 15) is 22.4 Å². The predicted molar refractivity (Wildman–Crippen MR) is 84.8 cm³/mol. The van der Waals surface area contributed by atoms with Crippen molar-refractivity contribution in [3.63, 3.8) is 0 Å². The largest absolute Gasteiger partial charge is 0.433 e. The van der Waals surface area contributed by atoms with E-state index in [4.69, 9.17) is 0 Å². The Hall–Kier alpha value is -2.16. The summed E-state index contributed by atoms with van der Waals surface area (Å²) in [4.78, 5) is 19.6. The number of fused-ring (bicyclic) bond motifs is 1. The number of aryl methyl sites for hydroxylation is 1. The van der Waals surface area contributed by atoms with Crippen molar-refractivity contribution in [3.05, 3.63) is 47.0 Å². The SMILES string of the molecule is O=C(CSc1nc2c(c(C(F)(F)F)n1)CCC2)Nc1ccccc1F. The second kappa shape index (κ2) is 6.99. The molecule has 1 aliphatic rings. The van der Waals surface area contributed by atoms with Crippen molar-refractivity contribution in [2.45, 2.75) is 30.6 Å². The summed E-state index contributed by atoms with van der Waals surface area (Å²) < 4.78 is 52.9. The van der Waals surface area contributed by atoms with Gasteiger partial charge in [0, 0.05) is 11.3 Å². The normalized spacial score (nSPS) is 13.6. The molecule has 0 radical (unpaired) electrons. The van der Waals surface area contributed by atoms with Crippen LogP contribution in [-0.4, -0.2) is 21.6 Å². The van der Waals surface area contributed by atoms with Gasteiger partial charge in [-0.05, 0) is 31.4 Å². The zero-order valence-electron chi connectivity index (χ0n) is 12.9. The van der Waals surface area contributed by atoms with E-state index in [0.717, 1.165) is 11.8 Å². The molecule has 2 aromatic rings. The van der Waals surface area contributed by atoms with E-state index in [1.54, 1.807) is 6.07 Å². The third-order valence-corrected chi connectivity index (χ3v) is 4.51. The van der Waals surface area contributed by atoms with Crippen molar-refractivity contribution >= 4 is 23.4 Å². The fourth-order valence-corrected chi connectivity index (χ4v) is 3.25. The molecule has 0 saturated heterocycles. The average Bonchev–Trinajstić information content (AvgIpc) is 3.01. The van der Waals surface area contributed by atoms with E-state index in [1.807, 2.05) is 0 Å². The second-order valence-corrected chi connectivity index (χ2v) is 6.39. The van der Waals surface area contributed by atoms with Crippen LogP contribution >= 0.6 is 11.8 Å². The summed E-state index contributed by atoms with van der Waals surface area (Å²) in [6.07, 6.45) is -3.17. The van der Waals surface area contributed by atoms with E-state index in [0.29, 0.717) is 25.0 Å². The summed E-state index contributed by atoms with van der Waals surface area (Å²) in [6, 6.07) is 5.63. The van der Waals surface area contributed by atoms with Crippen LogP contribution in [0, 0.1) is 5.82 Å². The molecule has 1 aromatic heterocycles. The maximum Gasteiger partial charge on any atom is 0.433 e. The summed E-state index contributed by atoms with van der Waals surface area (Å²) in [5.41, 5.74) is -0.377. The molecule has 132 valence electrons. The van der Waals surface area contributed by atoms with Crippen LogP contribution in [0.25, 0.3) is 0 Å². The molecule has 9 heteroatoms. The quantitative estimate of drug-likeness (QED) is 0.504. The molecule has 1 N–H and O–H groups in total. The molecular weight excluding hydrogens is 358 g/mol. The number of carbonyl (C=O) groups is 1. The lowest BCUT2D eigenvalue weighted by Crippen LogP contribution is -2.17. The number of anilines is 1. The molecule has 1 aromatic carbocycles. The van der Waals surface area contributed by atoms with Crippen LogP contribution in [0.5, 0.6) is 0 Å². The summed E-state index contributed by atoms with van der Waals surface area (Å²) in [5.74, 6) is -1.36. The molecule has 4 nitrogen and oxygen atoms in total. The van der Waals surface area contributed by atoms with Crippen LogP contribution in [0.4, 0.5) is 23.2 Å². The number of aromatic nitrogens is 2. The van der Waals surface area contributed by atoms with Crippen molar-refractivity contribution in [3.8, 4) is 0 Å². The zero-order valence-corrected chi connectivity index (χ0v) is 13.7. The Morgan fingerprint density at radius 3 is 2.68 bits per heavy atom. The lowest BCUT2D eigenvalue weighted by molar-refractivity contribution is -0.142. The van der Waals surface area contributed by atoms with Crippen LogP contribution in [0.3, 0.4) is 0 Å². The van der Waals surface area contributed by atoms with Gasteiger partial charge in [-0.15, -0.1) is 0 Å². The minimum absolute atomic E-state index is 0.0129. The Kier molecular flexibility index (Phi) is 4.94. The number of nitrogens with zero attached hydrogens (tertiary/aromatic N) is 2. The highest BCUT2D eigenvalue weighted by atomic mass is 32.2. The van der Waals surface area contributed by atoms with Gasteiger partial charge in [-0.25, -0.2) is 14.4 Å². The monoisotopic (exact) mass is 371 g/mol. The Balaban J connectivity index is 1.71. The van der Waals surface area contributed by atoms with Gasteiger partial charge in [0.25, 0.3) is 0 Å². The highest BCUT2D eigenvalue weighted by Crippen LogP contribution is 2.36. The van der Waals surface area contributed by atoms with Crippen molar-refractivity contribution in [2.75, 3.05) is 11.1 Å². The number of alkyl halides is 3. The minimum atomic E-state index is -4.55. The van der Waals surface area contributed by atoms with Crippen molar-refractivity contribution in [1.29, 1.82) is 0 Å². The number of para-hydroxylation sites is 1. The van der Waals surface area contributed by atoms with E-state index < -0.39 is 23.6 Å². The first-order valence-electron chi connectivity index (χ1n) is 7.49. The summed E-state index contributed by atoms with van der Waals surface area (Å²) in [7, 11) is 0. The van der Waals surface area contributed by atoms with Gasteiger partial charge in [0.15, 0.2) is 10.9 Å². The van der Waals surface area contributed by atoms with E-state index in [2.05, 4.69) is 15.3 Å². The number of thioether (sulfide) groups is 1. The number of hydrogen-bond donors (Lipinski definition) is 1. The molecule has 0 fully saturated rings. The molecule has 0 bridgehead atoms. The molecular formula is C16H13F4N3OS. The molecule has 0 aliphatic heterocycles. The fraction of sp³-hybridized carbons (Fsp3) is 0.312. The molecule has 3 rings (SSSR count). The molecule has 25 heavy (non-hydrogen) atoms. The number of amides is 1. The van der Waals surface area contributed by atoms with Crippen LogP contribution < -0.4 is 5.32 Å². The Bertz CT molecular complexity index is 810.